The van der Waals surface area contributed by atoms with Crippen LogP contribution < -0.4 is 5.73 Å². The van der Waals surface area contributed by atoms with Crippen molar-refractivity contribution in [3.05, 3.63) is 69.1 Å². The number of aromatic amines is 2. The molecule has 1 fully saturated rings. The number of ether oxygens (including phenoxy) is 6. The predicted octanol–water partition coefficient (Wildman–Crippen LogP) is 5.80. The van der Waals surface area contributed by atoms with Gasteiger partial charge in [-0.2, -0.15) is 0 Å². The summed E-state index contributed by atoms with van der Waals surface area (Å²) >= 11 is 0. The van der Waals surface area contributed by atoms with E-state index >= 15 is 4.79 Å². The van der Waals surface area contributed by atoms with Crippen molar-refractivity contribution >= 4 is 51.1 Å². The van der Waals surface area contributed by atoms with Crippen LogP contribution in [0, 0.1) is 6.92 Å². The number of allylic oxidation sites excluding steroid dienone is 3. The fourth-order valence-corrected chi connectivity index (χ4v) is 9.46. The van der Waals surface area contributed by atoms with E-state index in [1.807, 2.05) is 32.0 Å². The molecule has 2 unspecified atom stereocenters. The standard InChI is InChI=1S/C48H65N7O9/c1-9-33-27(2)35-24-40-42(31(6)63-21-20-62-19-18-61-17-16-59-7)29(4)37(51-40)22-36-28(3)34(10-11-41(56)60-8)45(52-36)44-46-43(30(5)38(53-46)23-39(33)50-35)47(57)55(48(44)58)13-12-54-14-15-64-32(25-49)26-54/h22-24,28,31-32,34,52-53H,9-21,25-26,49H2,1-8H3/t28-,31?,32?,34-/m0/s1. The molecule has 4 atom stereocenters. The minimum Gasteiger partial charge on any atom is -0.469 e. The number of amides is 2. The molecule has 2 aromatic heterocycles. The Kier molecular flexibility index (Phi) is 15.5. The van der Waals surface area contributed by atoms with E-state index in [4.69, 9.17) is 44.1 Å². The molecule has 7 heterocycles. The molecule has 5 aliphatic rings. The van der Waals surface area contributed by atoms with Gasteiger partial charge >= 0.3 is 5.97 Å². The maximum absolute atomic E-state index is 15.1. The van der Waals surface area contributed by atoms with Crippen molar-refractivity contribution in [1.82, 2.24) is 29.7 Å². The van der Waals surface area contributed by atoms with Gasteiger partial charge in [0.15, 0.2) is 0 Å². The van der Waals surface area contributed by atoms with Crippen LogP contribution in [0.15, 0.2) is 18.2 Å². The minimum absolute atomic E-state index is 0.109. The molecule has 2 aromatic rings. The van der Waals surface area contributed by atoms with Gasteiger partial charge in [-0.25, -0.2) is 9.97 Å². The van der Waals surface area contributed by atoms with Gasteiger partial charge in [-0.3, -0.25) is 24.2 Å². The van der Waals surface area contributed by atoms with Gasteiger partial charge in [0, 0.05) is 80.6 Å². The number of nitrogens with one attached hydrogen (secondary N) is 2. The lowest BCUT2D eigenvalue weighted by Gasteiger charge is -2.34. The average Bonchev–Trinajstić information content (AvgIpc) is 3.97. The molecule has 16 nitrogen and oxygen atoms in total. The summed E-state index contributed by atoms with van der Waals surface area (Å²) in [5, 5.41) is 0. The van der Waals surface area contributed by atoms with Crippen molar-refractivity contribution in [3.8, 4) is 0 Å². The van der Waals surface area contributed by atoms with E-state index < -0.39 is 5.91 Å². The Morgan fingerprint density at radius 3 is 2.33 bits per heavy atom. The fraction of sp³-hybridized carbons (Fsp3) is 0.562. The largest absolute Gasteiger partial charge is 0.469 e. The molecule has 0 aromatic carbocycles. The third kappa shape index (κ3) is 9.74. The van der Waals surface area contributed by atoms with Crippen molar-refractivity contribution in [2.75, 3.05) is 93.2 Å². The number of rotatable bonds is 19. The van der Waals surface area contributed by atoms with Gasteiger partial charge in [0.1, 0.15) is 0 Å². The number of fused-ring (bicyclic) bond motifs is 8. The molecular weight excluding hydrogens is 819 g/mol. The molecule has 0 saturated carbocycles. The number of morpholine rings is 1. The van der Waals surface area contributed by atoms with Crippen LogP contribution in [0.1, 0.15) is 126 Å². The van der Waals surface area contributed by atoms with E-state index in [2.05, 4.69) is 42.6 Å². The smallest absolute Gasteiger partial charge is 0.305 e. The number of nitrogens with two attached hydrogens (primary N) is 1. The Morgan fingerprint density at radius 1 is 0.906 bits per heavy atom. The number of hydrogen-bond donors (Lipinski definition) is 3. The van der Waals surface area contributed by atoms with Crippen LogP contribution in [0.2, 0.25) is 0 Å². The zero-order valence-electron chi connectivity index (χ0n) is 38.7. The summed E-state index contributed by atoms with van der Waals surface area (Å²) in [6, 6.07) is 6.07. The Hall–Kier alpha value is -4.81. The monoisotopic (exact) mass is 883 g/mol. The van der Waals surface area contributed by atoms with E-state index in [1.54, 1.807) is 7.11 Å². The minimum atomic E-state index is -0.400. The van der Waals surface area contributed by atoms with Crippen molar-refractivity contribution in [1.29, 1.82) is 0 Å². The molecule has 0 radical (unpaired) electrons. The highest BCUT2D eigenvalue weighted by atomic mass is 16.6. The Labute approximate surface area is 375 Å². The number of nitrogens with zero attached hydrogens (tertiary/aromatic N) is 4. The number of aryl methyl sites for hydroxylation is 1. The Balaban J connectivity index is 1.37. The molecule has 16 heteroatoms. The van der Waals surface area contributed by atoms with Crippen molar-refractivity contribution in [3.63, 3.8) is 0 Å². The number of carbonyl (C=O) groups is 3. The van der Waals surface area contributed by atoms with Crippen molar-refractivity contribution in [2.45, 2.75) is 84.8 Å². The second-order valence-electron chi connectivity index (χ2n) is 17.0. The van der Waals surface area contributed by atoms with E-state index in [9.17, 15) is 9.59 Å². The molecule has 2 amide bonds. The second-order valence-corrected chi connectivity index (χ2v) is 17.0. The van der Waals surface area contributed by atoms with Crippen LogP contribution >= 0.6 is 0 Å². The van der Waals surface area contributed by atoms with Crippen LogP contribution in [0.5, 0.6) is 0 Å². The lowest BCUT2D eigenvalue weighted by Crippen LogP contribution is -2.50. The summed E-state index contributed by atoms with van der Waals surface area (Å²) < 4.78 is 33.6. The highest BCUT2D eigenvalue weighted by Gasteiger charge is 2.41. The number of esters is 1. The van der Waals surface area contributed by atoms with Crippen molar-refractivity contribution in [2.24, 2.45) is 5.73 Å². The number of hydrogen-bond acceptors (Lipinski definition) is 13. The van der Waals surface area contributed by atoms with Crippen LogP contribution in [-0.2, 0) is 33.2 Å². The van der Waals surface area contributed by atoms with Gasteiger partial charge in [0.25, 0.3) is 11.8 Å². The SMILES string of the molecule is CCC1=C(C)c2cc3nc(cc4[nH]c(c5c6[nH]c(cc1n2)c(C)c6C(=O)N(CCN1CCOC(CN)C1)C5=O)[C@@H](CCC(=O)OC)[C@@H]4C)C(C)=C3C(C)OCCOCCOCCOC. The third-order valence-corrected chi connectivity index (χ3v) is 13.2. The van der Waals surface area contributed by atoms with E-state index in [1.165, 1.54) is 12.0 Å². The van der Waals surface area contributed by atoms with E-state index in [0.29, 0.717) is 107 Å². The van der Waals surface area contributed by atoms with Crippen LogP contribution in [-0.4, -0.2) is 153 Å². The first-order chi connectivity index (χ1) is 30.9. The summed E-state index contributed by atoms with van der Waals surface area (Å²) in [6.45, 7) is 17.9. The number of methoxy groups -OCH3 is 2. The van der Waals surface area contributed by atoms with Crippen LogP contribution in [0.4, 0.5) is 0 Å². The van der Waals surface area contributed by atoms with Gasteiger partial charge in [-0.05, 0) is 81.0 Å². The normalized spacial score (nSPS) is 20.1. The fourth-order valence-electron chi connectivity index (χ4n) is 9.46. The zero-order valence-corrected chi connectivity index (χ0v) is 38.7. The zero-order chi connectivity index (χ0) is 45.7. The van der Waals surface area contributed by atoms with Gasteiger partial charge < -0.3 is 44.1 Å². The molecule has 1 saturated heterocycles. The van der Waals surface area contributed by atoms with Crippen molar-refractivity contribution < 1.29 is 42.8 Å². The van der Waals surface area contributed by atoms with Crippen LogP contribution in [0.25, 0.3) is 33.3 Å². The first kappa shape index (κ1) is 47.2. The molecule has 0 aliphatic carbocycles. The molecule has 346 valence electrons. The number of carbonyl (C=O) groups excluding carboxylic acids is 3. The van der Waals surface area contributed by atoms with Crippen LogP contribution in [0.3, 0.4) is 0 Å². The predicted molar refractivity (Wildman–Crippen MR) is 244 cm³/mol. The molecule has 4 N–H and O–H groups in total. The van der Waals surface area contributed by atoms with E-state index in [0.717, 1.165) is 62.7 Å². The Morgan fingerprint density at radius 2 is 1.61 bits per heavy atom. The molecular formula is C48H65N7O9. The summed E-state index contributed by atoms with van der Waals surface area (Å²) in [5.41, 5.74) is 17.2. The number of H-pyrrole nitrogens is 2. The third-order valence-electron chi connectivity index (χ3n) is 13.2. The maximum atomic E-state index is 15.1. The summed E-state index contributed by atoms with van der Waals surface area (Å²) in [5.74, 6) is -1.56. The molecule has 0 spiro atoms. The van der Waals surface area contributed by atoms with Gasteiger partial charge in [0.2, 0.25) is 0 Å². The Bertz CT molecular complexity index is 2370. The quantitative estimate of drug-likeness (QED) is 0.0871. The molecule has 5 aliphatic heterocycles. The highest BCUT2D eigenvalue weighted by Crippen LogP contribution is 2.45. The van der Waals surface area contributed by atoms with Gasteiger partial charge in [-0.1, -0.05) is 13.8 Å². The average molecular weight is 884 g/mol. The first-order valence-electron chi connectivity index (χ1n) is 22.6. The summed E-state index contributed by atoms with van der Waals surface area (Å²) in [4.78, 5) is 63.7. The molecule has 64 heavy (non-hydrogen) atoms. The summed E-state index contributed by atoms with van der Waals surface area (Å²) in [6.07, 6.45) is 0.832. The molecule has 8 bridgehead atoms. The number of imide groups is 1. The van der Waals surface area contributed by atoms with Gasteiger partial charge in [0.05, 0.1) is 105 Å². The topological polar surface area (TPSA) is 196 Å². The highest BCUT2D eigenvalue weighted by molar-refractivity contribution is 6.23. The number of aromatic nitrogens is 4. The lowest BCUT2D eigenvalue weighted by molar-refractivity contribution is -0.140. The summed E-state index contributed by atoms with van der Waals surface area (Å²) in [7, 11) is 3.02. The second kappa shape index (κ2) is 21.0. The van der Waals surface area contributed by atoms with E-state index in [-0.39, 0.29) is 48.9 Å². The lowest BCUT2D eigenvalue weighted by atomic mass is 9.84. The van der Waals surface area contributed by atoms with Gasteiger partial charge in [-0.15, -0.1) is 0 Å². The first-order valence-corrected chi connectivity index (χ1v) is 22.6. The maximum Gasteiger partial charge on any atom is 0.305 e. The molecule has 7 rings (SSSR count).